The Morgan fingerprint density at radius 2 is 1.88 bits per heavy atom. The number of ether oxygens (including phenoxy) is 1. The minimum absolute atomic E-state index is 0.0236. The molecule has 3 aliphatic heterocycles. The highest BCUT2D eigenvalue weighted by Gasteiger charge is 2.47. The fraction of sp³-hybridized carbons (Fsp3) is 0.609. The molecule has 3 atom stereocenters. The van der Waals surface area contributed by atoms with Crippen molar-refractivity contribution in [1.29, 1.82) is 0 Å². The predicted octanol–water partition coefficient (Wildman–Crippen LogP) is 3.35. The molecule has 8 nitrogen and oxygen atoms in total. The van der Waals surface area contributed by atoms with E-state index >= 15 is 0 Å². The fourth-order valence-corrected chi connectivity index (χ4v) is 7.05. The molecule has 184 valence electrons. The van der Waals surface area contributed by atoms with Gasteiger partial charge in [-0.05, 0) is 38.7 Å². The van der Waals surface area contributed by atoms with Crippen LogP contribution in [0.5, 0.6) is 0 Å². The Balaban J connectivity index is 1.35. The molecule has 5 heterocycles. The smallest absolute Gasteiger partial charge is 0.170 e. The topological polar surface area (TPSA) is 97.5 Å². The van der Waals surface area contributed by atoms with Crippen LogP contribution in [0.1, 0.15) is 32.6 Å². The van der Waals surface area contributed by atoms with Crippen molar-refractivity contribution in [2.24, 2.45) is 11.1 Å². The summed E-state index contributed by atoms with van der Waals surface area (Å²) in [6, 6.07) is 1.94. The predicted molar refractivity (Wildman–Crippen MR) is 136 cm³/mol. The summed E-state index contributed by atoms with van der Waals surface area (Å²) < 4.78 is 18.5. The summed E-state index contributed by atoms with van der Waals surface area (Å²) in [7, 11) is -1.28. The second kappa shape index (κ2) is 9.89. The highest BCUT2D eigenvalue weighted by molar-refractivity contribution is 7.99. The lowest BCUT2D eigenvalue weighted by Crippen LogP contribution is -2.51. The van der Waals surface area contributed by atoms with Gasteiger partial charge in [0.15, 0.2) is 10.8 Å². The van der Waals surface area contributed by atoms with E-state index in [1.165, 1.54) is 11.8 Å². The normalized spacial score (nSPS) is 25.3. The molecular weight excluding hydrogens is 492 g/mol. The molecule has 11 heteroatoms. The molecule has 0 bridgehead atoms. The van der Waals surface area contributed by atoms with Crippen LogP contribution < -0.4 is 15.5 Å². The minimum Gasteiger partial charge on any atom is -0.376 e. The van der Waals surface area contributed by atoms with Crippen molar-refractivity contribution < 1.29 is 8.95 Å². The number of pyridine rings is 1. The first-order valence-corrected chi connectivity index (χ1v) is 14.5. The second-order valence-electron chi connectivity index (χ2n) is 9.43. The van der Waals surface area contributed by atoms with Crippen molar-refractivity contribution in [2.45, 2.75) is 59.7 Å². The summed E-state index contributed by atoms with van der Waals surface area (Å²) in [5.41, 5.74) is 6.49. The molecule has 1 unspecified atom stereocenters. The molecule has 5 rings (SSSR count). The summed E-state index contributed by atoms with van der Waals surface area (Å²) in [5, 5.41) is 1.80. The van der Waals surface area contributed by atoms with E-state index in [0.717, 1.165) is 62.6 Å². The Labute approximate surface area is 212 Å². The number of hydrogen-bond acceptors (Lipinski definition) is 9. The second-order valence-corrected chi connectivity index (χ2v) is 12.2. The average molecular weight is 523 g/mol. The highest BCUT2D eigenvalue weighted by atomic mass is 35.5. The van der Waals surface area contributed by atoms with Crippen molar-refractivity contribution in [3.63, 3.8) is 0 Å². The zero-order valence-corrected chi connectivity index (χ0v) is 22.0. The number of hydrogen-bond donors (Lipinski definition) is 1. The molecule has 2 aromatic rings. The van der Waals surface area contributed by atoms with Gasteiger partial charge in [-0.2, -0.15) is 0 Å². The zero-order valence-electron chi connectivity index (χ0n) is 19.6. The first-order valence-electron chi connectivity index (χ1n) is 11.8. The molecule has 2 aromatic heterocycles. The van der Waals surface area contributed by atoms with Crippen molar-refractivity contribution in [3.8, 4) is 0 Å². The number of piperidine rings is 1. The van der Waals surface area contributed by atoms with E-state index in [1.807, 2.05) is 6.07 Å². The van der Waals surface area contributed by atoms with Crippen LogP contribution in [0, 0.1) is 5.41 Å². The number of nitrogens with two attached hydrogens (primary N) is 1. The summed E-state index contributed by atoms with van der Waals surface area (Å²) in [6.45, 7) is 6.30. The maximum Gasteiger partial charge on any atom is 0.170 e. The molecule has 3 aliphatic rings. The van der Waals surface area contributed by atoms with Crippen LogP contribution in [0.3, 0.4) is 0 Å². The van der Waals surface area contributed by atoms with E-state index < -0.39 is 10.8 Å². The van der Waals surface area contributed by atoms with Gasteiger partial charge in [0.2, 0.25) is 0 Å². The number of rotatable bonds is 5. The Hall–Kier alpha value is -1.46. The van der Waals surface area contributed by atoms with Gasteiger partial charge in [0.05, 0.1) is 34.7 Å². The van der Waals surface area contributed by atoms with E-state index in [1.54, 1.807) is 18.6 Å². The lowest BCUT2D eigenvalue weighted by molar-refractivity contribution is 0.0973. The highest BCUT2D eigenvalue weighted by Crippen LogP contribution is 2.43. The number of halogens is 1. The average Bonchev–Trinajstić information content (AvgIpc) is 3.46. The van der Waals surface area contributed by atoms with Crippen LogP contribution in [-0.4, -0.2) is 70.3 Å². The third-order valence-corrected chi connectivity index (χ3v) is 9.60. The van der Waals surface area contributed by atoms with Crippen LogP contribution in [0.4, 0.5) is 11.6 Å². The fourth-order valence-electron chi connectivity index (χ4n) is 5.20. The van der Waals surface area contributed by atoms with E-state index in [-0.39, 0.29) is 17.6 Å². The van der Waals surface area contributed by atoms with E-state index in [4.69, 9.17) is 32.0 Å². The minimum atomic E-state index is -1.28. The van der Waals surface area contributed by atoms with Crippen LogP contribution in [0.25, 0.3) is 0 Å². The zero-order chi connectivity index (χ0) is 23.9. The molecule has 1 spiro atoms. The Kier molecular flexibility index (Phi) is 7.05. The van der Waals surface area contributed by atoms with Crippen LogP contribution >= 0.6 is 23.4 Å². The molecule has 34 heavy (non-hydrogen) atoms. The van der Waals surface area contributed by atoms with Gasteiger partial charge in [-0.15, -0.1) is 0 Å². The summed E-state index contributed by atoms with van der Waals surface area (Å²) in [4.78, 5) is 19.2. The van der Waals surface area contributed by atoms with Gasteiger partial charge in [0.25, 0.3) is 0 Å². The Bertz CT molecular complexity index is 1080. The lowest BCUT2D eigenvalue weighted by atomic mass is 9.73. The van der Waals surface area contributed by atoms with Crippen molar-refractivity contribution >= 4 is 45.8 Å². The monoisotopic (exact) mass is 522 g/mol. The molecule has 0 aromatic carbocycles. The molecule has 3 saturated heterocycles. The maximum atomic E-state index is 12.6. The largest absolute Gasteiger partial charge is 0.376 e. The number of anilines is 2. The van der Waals surface area contributed by atoms with Crippen LogP contribution in [0.15, 0.2) is 33.4 Å². The van der Waals surface area contributed by atoms with Gasteiger partial charge in [-0.25, -0.2) is 15.0 Å². The van der Waals surface area contributed by atoms with Gasteiger partial charge in [0.1, 0.15) is 10.8 Å². The Morgan fingerprint density at radius 1 is 1.18 bits per heavy atom. The Morgan fingerprint density at radius 3 is 2.53 bits per heavy atom. The first kappa shape index (κ1) is 24.2. The van der Waals surface area contributed by atoms with E-state index in [0.29, 0.717) is 27.5 Å². The standard InChI is InChI=1S/C23H31ClN6O2S2/c1-15-19(25)23(14-32-15)6-11-30(12-7-23)21-22(34(2)31)28-17(13-27-21)33-16-5-8-26-20(18(16)24)29-9-3-4-10-29/h5,8,13,15,19H,3-4,6-7,9-12,14,25H2,1-2H3/t15-,19+,34?/m0/s1. The third-order valence-electron chi connectivity index (χ3n) is 7.33. The van der Waals surface area contributed by atoms with Gasteiger partial charge >= 0.3 is 0 Å². The first-order chi connectivity index (χ1) is 16.4. The summed E-state index contributed by atoms with van der Waals surface area (Å²) in [6.07, 6.45) is 9.45. The maximum absolute atomic E-state index is 12.6. The van der Waals surface area contributed by atoms with E-state index in [2.05, 4.69) is 21.7 Å². The summed E-state index contributed by atoms with van der Waals surface area (Å²) in [5.74, 6) is 1.51. The lowest BCUT2D eigenvalue weighted by Gasteiger charge is -2.41. The van der Waals surface area contributed by atoms with Crippen molar-refractivity contribution in [1.82, 2.24) is 15.0 Å². The van der Waals surface area contributed by atoms with Gasteiger partial charge in [0, 0.05) is 55.0 Å². The molecule has 0 radical (unpaired) electrons. The summed E-state index contributed by atoms with van der Waals surface area (Å²) >= 11 is 8.15. The quantitative estimate of drug-likeness (QED) is 0.633. The molecule has 2 N–H and O–H groups in total. The van der Waals surface area contributed by atoms with Crippen LogP contribution in [-0.2, 0) is 15.5 Å². The van der Waals surface area contributed by atoms with Crippen molar-refractivity contribution in [3.05, 3.63) is 23.5 Å². The van der Waals surface area contributed by atoms with Gasteiger partial charge in [-0.3, -0.25) is 4.21 Å². The molecule has 3 fully saturated rings. The number of nitrogens with zero attached hydrogens (tertiary/aromatic N) is 5. The molecule has 0 aliphatic carbocycles. The molecular formula is C23H31ClN6O2S2. The SMILES string of the molecule is C[C@@H]1OCC2(CCN(c3ncc(Sc4ccnc(N5CCCC5)c4Cl)nc3S(C)=O)CC2)[C@@H]1N. The number of aromatic nitrogens is 3. The van der Waals surface area contributed by atoms with Gasteiger partial charge in [-0.1, -0.05) is 23.4 Å². The van der Waals surface area contributed by atoms with Crippen molar-refractivity contribution in [2.75, 3.05) is 48.8 Å². The van der Waals surface area contributed by atoms with E-state index in [9.17, 15) is 4.21 Å². The molecule has 0 amide bonds. The molecule has 0 saturated carbocycles. The third kappa shape index (κ3) is 4.55. The van der Waals surface area contributed by atoms with Gasteiger partial charge < -0.3 is 20.3 Å². The van der Waals surface area contributed by atoms with Crippen LogP contribution in [0.2, 0.25) is 5.02 Å².